The maximum atomic E-state index is 9.38. The molecule has 1 atom stereocenters. The quantitative estimate of drug-likeness (QED) is 0.855. The summed E-state index contributed by atoms with van der Waals surface area (Å²) >= 11 is 3.26. The maximum absolute atomic E-state index is 9.38. The van der Waals surface area contributed by atoms with E-state index in [0.717, 1.165) is 15.6 Å². The molecule has 0 bridgehead atoms. The smallest absolute Gasteiger partial charge is 0.131 e. The molecule has 0 aliphatic heterocycles. The Balaban J connectivity index is 1.93. The molecule has 1 unspecified atom stereocenters. The number of aromatic nitrogens is 2. The van der Waals surface area contributed by atoms with Crippen LogP contribution in [0.15, 0.2) is 16.8 Å². The van der Waals surface area contributed by atoms with Gasteiger partial charge in [-0.3, -0.25) is 0 Å². The number of hydrogen-bond donors (Lipinski definition) is 2. The van der Waals surface area contributed by atoms with Crippen LogP contribution in [0.5, 0.6) is 0 Å². The lowest BCUT2D eigenvalue weighted by Gasteiger charge is -2.13. The van der Waals surface area contributed by atoms with E-state index in [9.17, 15) is 5.11 Å². The molecule has 0 amide bonds. The van der Waals surface area contributed by atoms with E-state index in [-0.39, 0.29) is 12.6 Å². The Labute approximate surface area is 115 Å². The van der Waals surface area contributed by atoms with Gasteiger partial charge in [0.2, 0.25) is 0 Å². The normalized spacial score (nSPS) is 13.1. The minimum Gasteiger partial charge on any atom is -0.394 e. The van der Waals surface area contributed by atoms with Crippen molar-refractivity contribution in [1.82, 2.24) is 15.5 Å². The van der Waals surface area contributed by atoms with Gasteiger partial charge >= 0.3 is 0 Å². The van der Waals surface area contributed by atoms with Gasteiger partial charge in [-0.1, -0.05) is 25.2 Å². The van der Waals surface area contributed by atoms with Crippen molar-refractivity contribution in [3.05, 3.63) is 32.4 Å². The zero-order valence-electron chi connectivity index (χ0n) is 10.5. The summed E-state index contributed by atoms with van der Waals surface area (Å²) in [5, 5.41) is 27.1. The van der Waals surface area contributed by atoms with Crippen LogP contribution in [0.25, 0.3) is 0 Å². The highest BCUT2D eigenvalue weighted by Crippen LogP contribution is 2.20. The van der Waals surface area contributed by atoms with Crippen LogP contribution in [0.2, 0.25) is 0 Å². The molecule has 4 nitrogen and oxygen atoms in total. The zero-order valence-corrected chi connectivity index (χ0v) is 12.1. The summed E-state index contributed by atoms with van der Waals surface area (Å²) < 4.78 is 0. The molecule has 0 aliphatic carbocycles. The van der Waals surface area contributed by atoms with E-state index in [2.05, 4.69) is 29.4 Å². The highest BCUT2D eigenvalue weighted by molar-refractivity contribution is 7.11. The van der Waals surface area contributed by atoms with Crippen molar-refractivity contribution in [3.8, 4) is 0 Å². The fraction of sp³-hybridized carbons (Fsp3) is 0.500. The molecule has 2 aromatic rings. The van der Waals surface area contributed by atoms with Crippen molar-refractivity contribution >= 4 is 22.7 Å². The topological polar surface area (TPSA) is 58.0 Å². The Kier molecular flexibility index (Phi) is 4.82. The van der Waals surface area contributed by atoms with Crippen LogP contribution in [0.3, 0.4) is 0 Å². The standard InChI is InChI=1S/C12H17N3OS2/c1-8(2)12-15-14-11(18-12)5-13-10(6-16)9-3-4-17-7-9/h3-4,7-8,10,13,16H,5-6H2,1-2H3. The van der Waals surface area contributed by atoms with Crippen molar-refractivity contribution in [1.29, 1.82) is 0 Å². The third kappa shape index (κ3) is 3.35. The largest absolute Gasteiger partial charge is 0.394 e. The Hall–Kier alpha value is -0.820. The number of nitrogens with one attached hydrogen (secondary N) is 1. The summed E-state index contributed by atoms with van der Waals surface area (Å²) in [6, 6.07) is 2.00. The van der Waals surface area contributed by atoms with Gasteiger partial charge in [-0.25, -0.2) is 0 Å². The van der Waals surface area contributed by atoms with Crippen LogP contribution < -0.4 is 5.32 Å². The minimum atomic E-state index is -0.0253. The zero-order chi connectivity index (χ0) is 13.0. The Morgan fingerprint density at radius 3 is 2.78 bits per heavy atom. The number of hydrogen-bond acceptors (Lipinski definition) is 6. The van der Waals surface area contributed by atoms with Crippen molar-refractivity contribution in [3.63, 3.8) is 0 Å². The maximum Gasteiger partial charge on any atom is 0.131 e. The SMILES string of the molecule is CC(C)c1nnc(CNC(CO)c2ccsc2)s1. The summed E-state index contributed by atoms with van der Waals surface area (Å²) in [5.74, 6) is 0.418. The van der Waals surface area contributed by atoms with Gasteiger partial charge in [0.1, 0.15) is 10.0 Å². The summed E-state index contributed by atoms with van der Waals surface area (Å²) in [4.78, 5) is 0. The minimum absolute atomic E-state index is 0.0253. The van der Waals surface area contributed by atoms with E-state index in [1.165, 1.54) is 0 Å². The number of nitrogens with zero attached hydrogens (tertiary/aromatic N) is 2. The molecule has 0 aliphatic rings. The molecule has 0 fully saturated rings. The van der Waals surface area contributed by atoms with E-state index < -0.39 is 0 Å². The fourth-order valence-corrected chi connectivity index (χ4v) is 3.05. The number of aliphatic hydroxyl groups excluding tert-OH is 1. The molecule has 0 saturated carbocycles. The predicted octanol–water partition coefficient (Wildman–Crippen LogP) is 2.55. The van der Waals surface area contributed by atoms with E-state index in [1.54, 1.807) is 22.7 Å². The van der Waals surface area contributed by atoms with E-state index in [4.69, 9.17) is 0 Å². The van der Waals surface area contributed by atoms with Crippen molar-refractivity contribution < 1.29 is 5.11 Å². The Bertz CT molecular complexity index is 467. The number of thiophene rings is 1. The molecule has 0 radical (unpaired) electrons. The molecule has 0 aromatic carbocycles. The average Bonchev–Trinajstić information content (AvgIpc) is 3.00. The molecular formula is C12H17N3OS2. The molecule has 2 aromatic heterocycles. The second-order valence-electron chi connectivity index (χ2n) is 4.36. The molecular weight excluding hydrogens is 266 g/mol. The van der Waals surface area contributed by atoms with Gasteiger partial charge in [-0.05, 0) is 22.4 Å². The van der Waals surface area contributed by atoms with Gasteiger partial charge in [0.15, 0.2) is 0 Å². The Morgan fingerprint density at radius 1 is 1.39 bits per heavy atom. The summed E-state index contributed by atoms with van der Waals surface area (Å²) in [6.45, 7) is 4.96. The van der Waals surface area contributed by atoms with Gasteiger partial charge < -0.3 is 10.4 Å². The lowest BCUT2D eigenvalue weighted by atomic mass is 10.2. The first kappa shape index (κ1) is 13.6. The van der Waals surface area contributed by atoms with Crippen LogP contribution in [0, 0.1) is 0 Å². The highest BCUT2D eigenvalue weighted by atomic mass is 32.1. The van der Waals surface area contributed by atoms with E-state index in [1.807, 2.05) is 16.8 Å². The van der Waals surface area contributed by atoms with Gasteiger partial charge in [0.25, 0.3) is 0 Å². The van der Waals surface area contributed by atoms with E-state index >= 15 is 0 Å². The second-order valence-corrected chi connectivity index (χ2v) is 6.24. The lowest BCUT2D eigenvalue weighted by molar-refractivity contribution is 0.244. The summed E-state index contributed by atoms with van der Waals surface area (Å²) in [7, 11) is 0. The third-order valence-corrected chi connectivity index (χ3v) is 4.53. The molecule has 18 heavy (non-hydrogen) atoms. The van der Waals surface area contributed by atoms with Crippen molar-refractivity contribution in [2.24, 2.45) is 0 Å². The fourth-order valence-electron chi connectivity index (χ4n) is 1.54. The van der Waals surface area contributed by atoms with Crippen molar-refractivity contribution in [2.75, 3.05) is 6.61 Å². The van der Waals surface area contributed by atoms with Crippen LogP contribution in [0.1, 0.15) is 41.4 Å². The lowest BCUT2D eigenvalue weighted by Crippen LogP contribution is -2.23. The van der Waals surface area contributed by atoms with Gasteiger partial charge in [-0.2, -0.15) is 11.3 Å². The first-order valence-corrected chi connectivity index (χ1v) is 7.65. The number of aliphatic hydroxyl groups is 1. The Morgan fingerprint density at radius 2 is 2.22 bits per heavy atom. The van der Waals surface area contributed by atoms with Crippen molar-refractivity contribution in [2.45, 2.75) is 32.4 Å². The number of rotatable bonds is 6. The van der Waals surface area contributed by atoms with Gasteiger partial charge in [0.05, 0.1) is 19.2 Å². The molecule has 98 valence electrons. The molecule has 0 saturated heterocycles. The molecule has 6 heteroatoms. The monoisotopic (exact) mass is 283 g/mol. The van der Waals surface area contributed by atoms with Crippen LogP contribution in [-0.4, -0.2) is 21.9 Å². The van der Waals surface area contributed by atoms with Gasteiger partial charge in [0, 0.05) is 5.92 Å². The first-order valence-electron chi connectivity index (χ1n) is 5.89. The predicted molar refractivity (Wildman–Crippen MR) is 75.0 cm³/mol. The van der Waals surface area contributed by atoms with Crippen LogP contribution >= 0.6 is 22.7 Å². The molecule has 2 heterocycles. The summed E-state index contributed by atoms with van der Waals surface area (Å²) in [6.07, 6.45) is 0. The summed E-state index contributed by atoms with van der Waals surface area (Å²) in [5.41, 5.74) is 1.12. The van der Waals surface area contributed by atoms with Gasteiger partial charge in [-0.15, -0.1) is 10.2 Å². The molecule has 2 N–H and O–H groups in total. The average molecular weight is 283 g/mol. The molecule has 2 rings (SSSR count). The first-order chi connectivity index (χ1) is 8.70. The second kappa shape index (κ2) is 6.38. The molecule has 0 spiro atoms. The van der Waals surface area contributed by atoms with E-state index in [0.29, 0.717) is 12.5 Å². The highest BCUT2D eigenvalue weighted by Gasteiger charge is 2.12. The third-order valence-electron chi connectivity index (χ3n) is 2.60. The van der Waals surface area contributed by atoms with Crippen LogP contribution in [-0.2, 0) is 6.54 Å². The van der Waals surface area contributed by atoms with Crippen LogP contribution in [0.4, 0.5) is 0 Å².